The van der Waals surface area contributed by atoms with E-state index >= 15 is 0 Å². The lowest BCUT2D eigenvalue weighted by Crippen LogP contribution is -2.22. The summed E-state index contributed by atoms with van der Waals surface area (Å²) in [6.45, 7) is 3.51. The number of amides is 1. The van der Waals surface area contributed by atoms with E-state index in [1.807, 2.05) is 17.9 Å². The topological polar surface area (TPSA) is 86.8 Å². The minimum Gasteiger partial charge on any atom is -0.389 e. The molecule has 2 rings (SSSR count). The molecule has 2 unspecified atom stereocenters. The van der Waals surface area contributed by atoms with Crippen LogP contribution in [0, 0.1) is 6.92 Å². The SMILES string of the molecule is Cc1cc(C(N)=O)ccc1CN1CC(O)C(O)C1. The van der Waals surface area contributed by atoms with Crippen LogP contribution in [0.3, 0.4) is 0 Å². The van der Waals surface area contributed by atoms with Crippen molar-refractivity contribution < 1.29 is 15.0 Å². The van der Waals surface area contributed by atoms with Crippen LogP contribution in [0.4, 0.5) is 0 Å². The molecule has 1 aliphatic heterocycles. The molecule has 1 aliphatic rings. The van der Waals surface area contributed by atoms with Crippen LogP contribution in [-0.2, 0) is 6.54 Å². The maximum atomic E-state index is 11.0. The van der Waals surface area contributed by atoms with E-state index in [4.69, 9.17) is 5.73 Å². The number of likely N-dealkylation sites (tertiary alicyclic amines) is 1. The van der Waals surface area contributed by atoms with Crippen LogP contribution in [0.2, 0.25) is 0 Å². The molecule has 1 heterocycles. The molecule has 0 spiro atoms. The molecular weight excluding hydrogens is 232 g/mol. The van der Waals surface area contributed by atoms with Gasteiger partial charge in [0.25, 0.3) is 0 Å². The van der Waals surface area contributed by atoms with Crippen LogP contribution in [-0.4, -0.2) is 46.3 Å². The molecule has 0 aliphatic carbocycles. The van der Waals surface area contributed by atoms with E-state index in [0.717, 1.165) is 11.1 Å². The summed E-state index contributed by atoms with van der Waals surface area (Å²) in [6, 6.07) is 5.33. The first-order valence-electron chi connectivity index (χ1n) is 5.95. The maximum Gasteiger partial charge on any atom is 0.248 e. The van der Waals surface area contributed by atoms with Gasteiger partial charge in [0.1, 0.15) is 0 Å². The standard InChI is InChI=1S/C13H18N2O3/c1-8-4-9(13(14)18)2-3-10(8)5-15-6-11(16)12(17)7-15/h2-4,11-12,16-17H,5-7H2,1H3,(H2,14,18). The smallest absolute Gasteiger partial charge is 0.248 e. The van der Waals surface area contributed by atoms with Crippen molar-refractivity contribution in [3.63, 3.8) is 0 Å². The first-order valence-corrected chi connectivity index (χ1v) is 5.95. The molecule has 0 aromatic heterocycles. The molecule has 98 valence electrons. The van der Waals surface area contributed by atoms with Crippen molar-refractivity contribution >= 4 is 5.91 Å². The van der Waals surface area contributed by atoms with E-state index in [-0.39, 0.29) is 0 Å². The molecule has 0 saturated carbocycles. The first kappa shape index (κ1) is 13.0. The highest BCUT2D eigenvalue weighted by Crippen LogP contribution is 2.17. The number of benzene rings is 1. The lowest BCUT2D eigenvalue weighted by atomic mass is 10.0. The van der Waals surface area contributed by atoms with Crippen molar-refractivity contribution in [3.05, 3.63) is 34.9 Å². The summed E-state index contributed by atoms with van der Waals surface area (Å²) in [4.78, 5) is 13.0. The molecule has 5 nitrogen and oxygen atoms in total. The van der Waals surface area contributed by atoms with E-state index < -0.39 is 18.1 Å². The van der Waals surface area contributed by atoms with Crippen LogP contribution < -0.4 is 5.73 Å². The normalized spacial score (nSPS) is 24.4. The van der Waals surface area contributed by atoms with Gasteiger partial charge in [-0.15, -0.1) is 0 Å². The molecule has 18 heavy (non-hydrogen) atoms. The quantitative estimate of drug-likeness (QED) is 0.683. The molecular formula is C13H18N2O3. The highest BCUT2D eigenvalue weighted by Gasteiger charge is 2.29. The van der Waals surface area contributed by atoms with Gasteiger partial charge in [-0.1, -0.05) is 6.07 Å². The molecule has 1 saturated heterocycles. The molecule has 0 radical (unpaired) electrons. The average Bonchev–Trinajstić information content (AvgIpc) is 2.61. The van der Waals surface area contributed by atoms with Crippen molar-refractivity contribution in [2.75, 3.05) is 13.1 Å². The second kappa shape index (κ2) is 5.06. The first-order chi connectivity index (χ1) is 8.47. The highest BCUT2D eigenvalue weighted by molar-refractivity contribution is 5.93. The Hall–Kier alpha value is -1.43. The molecule has 1 fully saturated rings. The molecule has 1 aromatic rings. The van der Waals surface area contributed by atoms with E-state index in [0.29, 0.717) is 25.2 Å². The third-order valence-electron chi connectivity index (χ3n) is 3.36. The van der Waals surface area contributed by atoms with Crippen molar-refractivity contribution in [1.29, 1.82) is 0 Å². The van der Waals surface area contributed by atoms with Gasteiger partial charge in [-0.05, 0) is 30.2 Å². The van der Waals surface area contributed by atoms with Gasteiger partial charge in [-0.25, -0.2) is 0 Å². The zero-order valence-electron chi connectivity index (χ0n) is 10.3. The fourth-order valence-corrected chi connectivity index (χ4v) is 2.24. The summed E-state index contributed by atoms with van der Waals surface area (Å²) in [5, 5.41) is 19.0. The van der Waals surface area contributed by atoms with Crippen LogP contribution >= 0.6 is 0 Å². The van der Waals surface area contributed by atoms with Gasteiger partial charge >= 0.3 is 0 Å². The van der Waals surface area contributed by atoms with E-state index in [9.17, 15) is 15.0 Å². The highest BCUT2D eigenvalue weighted by atomic mass is 16.3. The molecule has 1 aromatic carbocycles. The summed E-state index contributed by atoms with van der Waals surface area (Å²) < 4.78 is 0. The van der Waals surface area contributed by atoms with Crippen LogP contribution in [0.5, 0.6) is 0 Å². The summed E-state index contributed by atoms with van der Waals surface area (Å²) in [5.41, 5.74) is 7.77. The lowest BCUT2D eigenvalue weighted by Gasteiger charge is -2.16. The number of carbonyl (C=O) groups excluding carboxylic acids is 1. The number of β-amino-alcohol motifs (C(OH)–C–C–N with tert-alkyl or cyclic N) is 2. The van der Waals surface area contributed by atoms with Crippen molar-refractivity contribution in [3.8, 4) is 0 Å². The Kier molecular flexibility index (Phi) is 3.65. The minimum absolute atomic E-state index is 0.434. The summed E-state index contributed by atoms with van der Waals surface area (Å²) in [7, 11) is 0. The molecule has 1 amide bonds. The monoisotopic (exact) mass is 250 g/mol. The Morgan fingerprint density at radius 3 is 2.50 bits per heavy atom. The molecule has 4 N–H and O–H groups in total. The van der Waals surface area contributed by atoms with Crippen LogP contribution in [0.1, 0.15) is 21.5 Å². The fourth-order valence-electron chi connectivity index (χ4n) is 2.24. The third kappa shape index (κ3) is 2.69. The number of aliphatic hydroxyl groups excluding tert-OH is 2. The Bertz CT molecular complexity index is 452. The van der Waals surface area contributed by atoms with Gasteiger partial charge in [0.2, 0.25) is 5.91 Å². The molecule has 5 heteroatoms. The Balaban J connectivity index is 2.08. The Morgan fingerprint density at radius 2 is 2.00 bits per heavy atom. The maximum absolute atomic E-state index is 11.0. The largest absolute Gasteiger partial charge is 0.389 e. The lowest BCUT2D eigenvalue weighted by molar-refractivity contribution is 0.0572. The number of aliphatic hydroxyl groups is 2. The zero-order valence-corrected chi connectivity index (χ0v) is 10.3. The van der Waals surface area contributed by atoms with Crippen molar-refractivity contribution in [2.45, 2.75) is 25.7 Å². The number of hydrogen-bond acceptors (Lipinski definition) is 4. The summed E-state index contributed by atoms with van der Waals surface area (Å²) >= 11 is 0. The second-order valence-electron chi connectivity index (χ2n) is 4.83. The predicted octanol–water partition coefficient (Wildman–Crippen LogP) is -0.369. The average molecular weight is 250 g/mol. The van der Waals surface area contributed by atoms with Gasteiger partial charge in [-0.2, -0.15) is 0 Å². The fraction of sp³-hybridized carbons (Fsp3) is 0.462. The van der Waals surface area contributed by atoms with E-state index in [1.54, 1.807) is 12.1 Å². The van der Waals surface area contributed by atoms with E-state index in [1.165, 1.54) is 0 Å². The number of nitrogens with zero attached hydrogens (tertiary/aromatic N) is 1. The van der Waals surface area contributed by atoms with Crippen LogP contribution in [0.15, 0.2) is 18.2 Å². The second-order valence-corrected chi connectivity index (χ2v) is 4.83. The van der Waals surface area contributed by atoms with Gasteiger partial charge in [0.15, 0.2) is 0 Å². The Morgan fingerprint density at radius 1 is 1.39 bits per heavy atom. The third-order valence-corrected chi connectivity index (χ3v) is 3.36. The van der Waals surface area contributed by atoms with Gasteiger partial charge in [0, 0.05) is 25.2 Å². The summed E-state index contributed by atoms with van der Waals surface area (Å²) in [5.74, 6) is -0.434. The number of aryl methyl sites for hydroxylation is 1. The van der Waals surface area contributed by atoms with Crippen molar-refractivity contribution in [2.24, 2.45) is 5.73 Å². The number of carbonyl (C=O) groups is 1. The van der Waals surface area contributed by atoms with E-state index in [2.05, 4.69) is 0 Å². The van der Waals surface area contributed by atoms with Gasteiger partial charge in [0.05, 0.1) is 12.2 Å². The van der Waals surface area contributed by atoms with Crippen LogP contribution in [0.25, 0.3) is 0 Å². The van der Waals surface area contributed by atoms with Gasteiger partial charge in [-0.3, -0.25) is 9.69 Å². The van der Waals surface area contributed by atoms with Gasteiger partial charge < -0.3 is 15.9 Å². The predicted molar refractivity (Wildman–Crippen MR) is 67.0 cm³/mol. The summed E-state index contributed by atoms with van der Waals surface area (Å²) in [6.07, 6.45) is -1.34. The number of hydrogen-bond donors (Lipinski definition) is 3. The molecule has 2 atom stereocenters. The number of nitrogens with two attached hydrogens (primary N) is 1. The molecule has 0 bridgehead atoms. The Labute approximate surface area is 106 Å². The zero-order chi connectivity index (χ0) is 13.3. The minimum atomic E-state index is -0.671. The van der Waals surface area contributed by atoms with Crippen molar-refractivity contribution in [1.82, 2.24) is 4.90 Å². The number of primary amides is 1. The number of rotatable bonds is 3.